The number of carboxylic acids is 1. The zero-order valence-corrected chi connectivity index (χ0v) is 17.6. The highest BCUT2D eigenvalue weighted by atomic mass is 16.4. The summed E-state index contributed by atoms with van der Waals surface area (Å²) in [6.07, 6.45) is 7.88. The molecule has 0 radical (unpaired) electrons. The molecule has 2 saturated carbocycles. The van der Waals surface area contributed by atoms with Gasteiger partial charge in [-0.05, 0) is 42.4 Å². The van der Waals surface area contributed by atoms with Crippen molar-refractivity contribution in [3.63, 3.8) is 0 Å². The molecule has 0 aromatic rings. The molecule has 0 aromatic heterocycles. The van der Waals surface area contributed by atoms with Gasteiger partial charge in [-0.1, -0.05) is 40.0 Å². The molecule has 0 unspecified atom stereocenters. The number of hydrogen-bond acceptors (Lipinski definition) is 3. The van der Waals surface area contributed by atoms with Crippen molar-refractivity contribution in [1.82, 2.24) is 10.2 Å². The molecular weight excluding hydrogens is 356 g/mol. The molecule has 0 bridgehead atoms. The smallest absolute Gasteiger partial charge is 0.303 e. The monoisotopic (exact) mass is 392 g/mol. The van der Waals surface area contributed by atoms with Gasteiger partial charge in [-0.2, -0.15) is 0 Å². The number of nitrogens with one attached hydrogen (secondary N) is 1. The zero-order chi connectivity index (χ0) is 20.5. The number of nitrogens with zero attached hydrogens (tertiary/aromatic N) is 1. The minimum absolute atomic E-state index is 0.0181. The number of likely N-dealkylation sites (tertiary alicyclic amines) is 1. The lowest BCUT2D eigenvalue weighted by atomic mass is 9.85. The normalized spacial score (nSPS) is 31.1. The summed E-state index contributed by atoms with van der Waals surface area (Å²) in [6.45, 7) is 6.46. The first-order chi connectivity index (χ1) is 13.2. The van der Waals surface area contributed by atoms with Crippen LogP contribution in [0.5, 0.6) is 0 Å². The standard InChI is InChI=1S/C22H36N2O4/c1-14-9-18-16(10-20(26)24(18)15-7-5-4-6-8-15)17(14)13-23-19(25)11-22(2,3)12-21(27)28/h14-18H,4-13H2,1-3H3,(H,23,25)(H,27,28)/t14-,16-,17+,18+/m0/s1. The number of carbonyl (C=O) groups excluding carboxylic acids is 2. The minimum Gasteiger partial charge on any atom is -0.481 e. The lowest BCUT2D eigenvalue weighted by Gasteiger charge is -2.35. The third kappa shape index (κ3) is 4.69. The van der Waals surface area contributed by atoms with Gasteiger partial charge in [0.05, 0.1) is 6.42 Å². The van der Waals surface area contributed by atoms with Crippen LogP contribution in [0.2, 0.25) is 0 Å². The molecule has 1 heterocycles. The molecule has 0 aromatic carbocycles. The van der Waals surface area contributed by atoms with Crippen molar-refractivity contribution in [2.24, 2.45) is 23.2 Å². The van der Waals surface area contributed by atoms with Gasteiger partial charge in [-0.25, -0.2) is 0 Å². The molecule has 0 spiro atoms. The van der Waals surface area contributed by atoms with E-state index < -0.39 is 11.4 Å². The van der Waals surface area contributed by atoms with Gasteiger partial charge >= 0.3 is 5.97 Å². The number of aliphatic carboxylic acids is 1. The molecule has 2 amide bonds. The van der Waals surface area contributed by atoms with Crippen LogP contribution in [-0.4, -0.2) is 46.4 Å². The summed E-state index contributed by atoms with van der Waals surface area (Å²) in [5.41, 5.74) is -0.555. The van der Waals surface area contributed by atoms with Crippen LogP contribution in [-0.2, 0) is 14.4 Å². The second-order valence-corrected chi connectivity index (χ2v) is 10.1. The summed E-state index contributed by atoms with van der Waals surface area (Å²) >= 11 is 0. The molecule has 1 saturated heterocycles. The first kappa shape index (κ1) is 21.1. The Morgan fingerprint density at radius 3 is 2.50 bits per heavy atom. The van der Waals surface area contributed by atoms with Gasteiger partial charge < -0.3 is 15.3 Å². The molecule has 28 heavy (non-hydrogen) atoms. The average Bonchev–Trinajstić information content (AvgIpc) is 3.05. The Balaban J connectivity index is 1.56. The quantitative estimate of drug-likeness (QED) is 0.696. The molecule has 3 fully saturated rings. The lowest BCUT2D eigenvalue weighted by Crippen LogP contribution is -2.43. The van der Waals surface area contributed by atoms with Crippen LogP contribution < -0.4 is 5.32 Å². The Kier molecular flexibility index (Phi) is 6.35. The Bertz CT molecular complexity index is 612. The van der Waals surface area contributed by atoms with Crippen molar-refractivity contribution in [3.8, 4) is 0 Å². The molecule has 158 valence electrons. The largest absolute Gasteiger partial charge is 0.481 e. The second kappa shape index (κ2) is 8.42. The van der Waals surface area contributed by atoms with E-state index in [2.05, 4.69) is 17.1 Å². The molecule has 2 N–H and O–H groups in total. The minimum atomic E-state index is -0.877. The van der Waals surface area contributed by atoms with Crippen LogP contribution in [0.3, 0.4) is 0 Å². The van der Waals surface area contributed by atoms with Gasteiger partial charge in [0.1, 0.15) is 0 Å². The van der Waals surface area contributed by atoms with Crippen LogP contribution in [0.15, 0.2) is 0 Å². The first-order valence-corrected chi connectivity index (χ1v) is 11.0. The Hall–Kier alpha value is -1.59. The van der Waals surface area contributed by atoms with Gasteiger partial charge in [0.2, 0.25) is 11.8 Å². The van der Waals surface area contributed by atoms with E-state index in [1.54, 1.807) is 0 Å². The predicted octanol–water partition coefficient (Wildman–Crippen LogP) is 3.20. The zero-order valence-electron chi connectivity index (χ0n) is 17.6. The van der Waals surface area contributed by atoms with Crippen LogP contribution >= 0.6 is 0 Å². The maximum atomic E-state index is 12.8. The van der Waals surface area contributed by atoms with Crippen LogP contribution in [0.25, 0.3) is 0 Å². The number of hydrogen-bond donors (Lipinski definition) is 2. The van der Waals surface area contributed by atoms with Gasteiger partial charge in [0.15, 0.2) is 0 Å². The number of rotatable bonds is 7. The van der Waals surface area contributed by atoms with Gasteiger partial charge in [-0.15, -0.1) is 0 Å². The molecule has 6 nitrogen and oxygen atoms in total. The Morgan fingerprint density at radius 2 is 1.86 bits per heavy atom. The molecule has 1 aliphatic heterocycles. The van der Waals surface area contributed by atoms with Crippen LogP contribution in [0.4, 0.5) is 0 Å². The highest BCUT2D eigenvalue weighted by molar-refractivity contribution is 5.80. The summed E-state index contributed by atoms with van der Waals surface area (Å²) in [5, 5.41) is 12.0. The third-order valence-electron chi connectivity index (χ3n) is 7.22. The fourth-order valence-corrected chi connectivity index (χ4v) is 5.92. The van der Waals surface area contributed by atoms with Crippen molar-refractivity contribution < 1.29 is 19.5 Å². The number of carbonyl (C=O) groups is 3. The van der Waals surface area contributed by atoms with E-state index in [1.165, 1.54) is 19.3 Å². The SMILES string of the molecule is C[C@H]1C[C@@H]2[C@@H](CC(=O)N2C2CCCCC2)[C@@H]1CNC(=O)CC(C)(C)CC(=O)O. The fourth-order valence-electron chi connectivity index (χ4n) is 5.92. The van der Waals surface area contributed by atoms with E-state index in [1.807, 2.05) is 13.8 Å². The summed E-state index contributed by atoms with van der Waals surface area (Å²) in [4.78, 5) is 38.3. The van der Waals surface area contributed by atoms with Gasteiger partial charge in [0, 0.05) is 31.5 Å². The first-order valence-electron chi connectivity index (χ1n) is 11.0. The van der Waals surface area contributed by atoms with Crippen molar-refractivity contribution in [2.75, 3.05) is 6.54 Å². The Labute approximate surface area is 168 Å². The predicted molar refractivity (Wildman–Crippen MR) is 107 cm³/mol. The highest BCUT2D eigenvalue weighted by Gasteiger charge is 2.52. The summed E-state index contributed by atoms with van der Waals surface area (Å²) < 4.78 is 0. The number of carboxylic acid groups (broad SMARTS) is 1. The van der Waals surface area contributed by atoms with E-state index in [0.717, 1.165) is 19.3 Å². The molecule has 4 atom stereocenters. The van der Waals surface area contributed by atoms with Crippen LogP contribution in [0, 0.1) is 23.2 Å². The molecule has 6 heteroatoms. The van der Waals surface area contributed by atoms with E-state index in [4.69, 9.17) is 5.11 Å². The van der Waals surface area contributed by atoms with Gasteiger partial charge in [0.25, 0.3) is 0 Å². The summed E-state index contributed by atoms with van der Waals surface area (Å²) in [5.74, 6) is 0.507. The van der Waals surface area contributed by atoms with Crippen molar-refractivity contribution in [2.45, 2.75) is 90.6 Å². The molecular formula is C22H36N2O4. The maximum absolute atomic E-state index is 12.8. The summed E-state index contributed by atoms with van der Waals surface area (Å²) in [7, 11) is 0. The van der Waals surface area contributed by atoms with Crippen LogP contribution in [0.1, 0.15) is 78.6 Å². The van der Waals surface area contributed by atoms with E-state index >= 15 is 0 Å². The summed E-state index contributed by atoms with van der Waals surface area (Å²) in [6, 6.07) is 0.768. The van der Waals surface area contributed by atoms with E-state index in [9.17, 15) is 14.4 Å². The Morgan fingerprint density at radius 1 is 1.18 bits per heavy atom. The highest BCUT2D eigenvalue weighted by Crippen LogP contribution is 2.47. The van der Waals surface area contributed by atoms with E-state index in [-0.39, 0.29) is 18.7 Å². The molecule has 3 rings (SSSR count). The number of fused-ring (bicyclic) bond motifs is 1. The lowest BCUT2D eigenvalue weighted by molar-refractivity contribution is -0.139. The van der Waals surface area contributed by atoms with Crippen molar-refractivity contribution >= 4 is 17.8 Å². The second-order valence-electron chi connectivity index (χ2n) is 10.1. The van der Waals surface area contributed by atoms with E-state index in [0.29, 0.717) is 48.7 Å². The number of amides is 2. The maximum Gasteiger partial charge on any atom is 0.303 e. The topological polar surface area (TPSA) is 86.7 Å². The van der Waals surface area contributed by atoms with Crippen molar-refractivity contribution in [3.05, 3.63) is 0 Å². The average molecular weight is 393 g/mol. The van der Waals surface area contributed by atoms with Crippen molar-refractivity contribution in [1.29, 1.82) is 0 Å². The molecule has 2 aliphatic carbocycles. The fraction of sp³-hybridized carbons (Fsp3) is 0.864. The third-order valence-corrected chi connectivity index (χ3v) is 7.22. The molecule has 3 aliphatic rings. The van der Waals surface area contributed by atoms with Gasteiger partial charge in [-0.3, -0.25) is 14.4 Å².